The zero-order valence-electron chi connectivity index (χ0n) is 9.84. The van der Waals surface area contributed by atoms with E-state index in [1.165, 1.54) is 11.3 Å². The molecule has 0 aliphatic heterocycles. The lowest BCUT2D eigenvalue weighted by Crippen LogP contribution is -2.26. The Bertz CT molecular complexity index is 367. The Labute approximate surface area is 113 Å². The first kappa shape index (κ1) is 15.8. The van der Waals surface area contributed by atoms with E-state index in [0.717, 1.165) is 4.88 Å². The lowest BCUT2D eigenvalue weighted by Gasteiger charge is -2.20. The summed E-state index contributed by atoms with van der Waals surface area (Å²) in [6.45, 7) is 1.78. The van der Waals surface area contributed by atoms with Crippen molar-refractivity contribution < 1.29 is 17.9 Å². The number of thiophene rings is 1. The van der Waals surface area contributed by atoms with Crippen molar-refractivity contribution in [3.8, 4) is 0 Å². The lowest BCUT2D eigenvalue weighted by atomic mass is 10.1. The molecule has 18 heavy (non-hydrogen) atoms. The van der Waals surface area contributed by atoms with Crippen molar-refractivity contribution >= 4 is 22.9 Å². The Kier molecular flexibility index (Phi) is 5.91. The van der Waals surface area contributed by atoms with Crippen LogP contribution in [0.3, 0.4) is 0 Å². The van der Waals surface area contributed by atoms with Crippen molar-refractivity contribution in [2.75, 3.05) is 6.61 Å². The first-order valence-corrected chi connectivity index (χ1v) is 6.68. The fourth-order valence-electron chi connectivity index (χ4n) is 1.46. The van der Waals surface area contributed by atoms with Crippen LogP contribution in [0, 0.1) is 0 Å². The van der Waals surface area contributed by atoms with Crippen LogP contribution in [0.15, 0.2) is 12.1 Å². The predicted octanol–water partition coefficient (Wildman–Crippen LogP) is 4.15. The molecular weight excluding hydrogens is 287 g/mol. The largest absolute Gasteiger partial charge is 0.389 e. The standard InChI is InChI=1S/C11H15ClF3NOS/c1-7(16)10(8-3-4-9(12)18-8)17-6-2-5-11(13,14)15/h3-4,7,10H,2,5-6,16H2,1H3. The van der Waals surface area contributed by atoms with Crippen LogP contribution in [0.5, 0.6) is 0 Å². The summed E-state index contributed by atoms with van der Waals surface area (Å²) in [7, 11) is 0. The summed E-state index contributed by atoms with van der Waals surface area (Å²) < 4.78 is 41.9. The maximum absolute atomic E-state index is 12.0. The SMILES string of the molecule is CC(N)C(OCCCC(F)(F)F)c1ccc(Cl)s1. The van der Waals surface area contributed by atoms with Crippen molar-refractivity contribution in [3.63, 3.8) is 0 Å². The van der Waals surface area contributed by atoms with Gasteiger partial charge in [0.15, 0.2) is 0 Å². The minimum absolute atomic E-state index is 0.0290. The summed E-state index contributed by atoms with van der Waals surface area (Å²) in [5.41, 5.74) is 5.76. The quantitative estimate of drug-likeness (QED) is 0.801. The van der Waals surface area contributed by atoms with E-state index in [1.54, 1.807) is 19.1 Å². The molecule has 0 saturated heterocycles. The normalized spacial score (nSPS) is 15.7. The molecule has 0 fully saturated rings. The Morgan fingerprint density at radius 2 is 2.11 bits per heavy atom. The molecule has 1 aromatic heterocycles. The molecule has 0 aromatic carbocycles. The number of hydrogen-bond donors (Lipinski definition) is 1. The van der Waals surface area contributed by atoms with E-state index in [9.17, 15) is 13.2 Å². The number of rotatable bonds is 6. The number of nitrogens with two attached hydrogens (primary N) is 1. The predicted molar refractivity (Wildman–Crippen MR) is 67.0 cm³/mol. The maximum atomic E-state index is 12.0. The van der Waals surface area contributed by atoms with E-state index in [1.807, 2.05) is 0 Å². The van der Waals surface area contributed by atoms with Gasteiger partial charge in [0.1, 0.15) is 6.10 Å². The second-order valence-corrected chi connectivity index (χ2v) is 5.76. The molecule has 0 radical (unpaired) electrons. The van der Waals surface area contributed by atoms with Crippen LogP contribution in [0.25, 0.3) is 0 Å². The molecule has 1 rings (SSSR count). The monoisotopic (exact) mass is 301 g/mol. The van der Waals surface area contributed by atoms with Crippen LogP contribution in [-0.4, -0.2) is 18.8 Å². The Hall–Kier alpha value is -0.300. The lowest BCUT2D eigenvalue weighted by molar-refractivity contribution is -0.139. The smallest absolute Gasteiger partial charge is 0.371 e. The van der Waals surface area contributed by atoms with Gasteiger partial charge in [0.2, 0.25) is 0 Å². The summed E-state index contributed by atoms with van der Waals surface area (Å²) in [6.07, 6.45) is -5.45. The van der Waals surface area contributed by atoms with Gasteiger partial charge in [-0.2, -0.15) is 13.2 Å². The molecule has 2 nitrogen and oxygen atoms in total. The van der Waals surface area contributed by atoms with Gasteiger partial charge >= 0.3 is 6.18 Å². The average Bonchev–Trinajstić information content (AvgIpc) is 2.62. The molecule has 0 aliphatic rings. The van der Waals surface area contributed by atoms with Crippen LogP contribution >= 0.6 is 22.9 Å². The Morgan fingerprint density at radius 1 is 1.44 bits per heavy atom. The Balaban J connectivity index is 2.45. The molecule has 2 N–H and O–H groups in total. The number of ether oxygens (including phenoxy) is 1. The second kappa shape index (κ2) is 6.75. The molecule has 0 saturated carbocycles. The van der Waals surface area contributed by atoms with Crippen LogP contribution in [0.2, 0.25) is 4.34 Å². The molecule has 0 aliphatic carbocycles. The topological polar surface area (TPSA) is 35.2 Å². The molecule has 1 aromatic rings. The van der Waals surface area contributed by atoms with Crippen molar-refractivity contribution in [2.24, 2.45) is 5.73 Å². The first-order chi connectivity index (χ1) is 8.29. The molecule has 1 heterocycles. The second-order valence-electron chi connectivity index (χ2n) is 4.01. The van der Waals surface area contributed by atoms with Gasteiger partial charge in [-0.3, -0.25) is 0 Å². The van der Waals surface area contributed by atoms with Crippen LogP contribution < -0.4 is 5.73 Å². The van der Waals surface area contributed by atoms with Crippen molar-refractivity contribution in [3.05, 3.63) is 21.3 Å². The van der Waals surface area contributed by atoms with E-state index in [4.69, 9.17) is 22.1 Å². The zero-order valence-corrected chi connectivity index (χ0v) is 11.4. The minimum atomic E-state index is -4.14. The number of hydrogen-bond acceptors (Lipinski definition) is 3. The van der Waals surface area contributed by atoms with Gasteiger partial charge < -0.3 is 10.5 Å². The molecule has 0 spiro atoms. The molecule has 0 bridgehead atoms. The highest BCUT2D eigenvalue weighted by atomic mass is 35.5. The van der Waals surface area contributed by atoms with Gasteiger partial charge in [-0.15, -0.1) is 11.3 Å². The summed E-state index contributed by atoms with van der Waals surface area (Å²) in [5.74, 6) is 0. The molecule has 2 atom stereocenters. The van der Waals surface area contributed by atoms with Gasteiger partial charge in [-0.05, 0) is 25.5 Å². The summed E-state index contributed by atoms with van der Waals surface area (Å²) in [4.78, 5) is 0.835. The van der Waals surface area contributed by atoms with Crippen molar-refractivity contribution in [1.82, 2.24) is 0 Å². The number of alkyl halides is 3. The highest BCUT2D eigenvalue weighted by Crippen LogP contribution is 2.31. The molecule has 104 valence electrons. The highest BCUT2D eigenvalue weighted by molar-refractivity contribution is 7.16. The van der Waals surface area contributed by atoms with Crippen molar-refractivity contribution in [2.45, 2.75) is 38.1 Å². The summed E-state index contributed by atoms with van der Waals surface area (Å²) in [5, 5.41) is 0. The maximum Gasteiger partial charge on any atom is 0.389 e. The third-order valence-corrected chi connectivity index (χ3v) is 3.55. The Morgan fingerprint density at radius 3 is 2.56 bits per heavy atom. The van der Waals surface area contributed by atoms with E-state index < -0.39 is 18.7 Å². The highest BCUT2D eigenvalue weighted by Gasteiger charge is 2.26. The van der Waals surface area contributed by atoms with Gasteiger partial charge in [0.05, 0.1) is 4.34 Å². The fraction of sp³-hybridized carbons (Fsp3) is 0.636. The number of halogens is 4. The molecule has 2 unspecified atom stereocenters. The van der Waals surface area contributed by atoms with E-state index in [0.29, 0.717) is 4.34 Å². The van der Waals surface area contributed by atoms with Gasteiger partial charge in [0.25, 0.3) is 0 Å². The molecule has 7 heteroatoms. The third-order valence-electron chi connectivity index (χ3n) is 2.25. The minimum Gasteiger partial charge on any atom is -0.371 e. The van der Waals surface area contributed by atoms with Crippen LogP contribution in [0.4, 0.5) is 13.2 Å². The average molecular weight is 302 g/mol. The zero-order chi connectivity index (χ0) is 13.8. The van der Waals surface area contributed by atoms with E-state index in [2.05, 4.69) is 0 Å². The molecular formula is C11H15ClF3NOS. The van der Waals surface area contributed by atoms with Crippen LogP contribution in [0.1, 0.15) is 30.7 Å². The van der Waals surface area contributed by atoms with E-state index >= 15 is 0 Å². The van der Waals surface area contributed by atoms with Gasteiger partial charge in [-0.1, -0.05) is 11.6 Å². The fourth-order valence-corrected chi connectivity index (χ4v) is 2.68. The molecule has 0 amide bonds. The third kappa shape index (κ3) is 5.56. The summed E-state index contributed by atoms with van der Waals surface area (Å²) in [6, 6.07) is 3.20. The van der Waals surface area contributed by atoms with Crippen molar-refractivity contribution in [1.29, 1.82) is 0 Å². The van der Waals surface area contributed by atoms with E-state index in [-0.39, 0.29) is 19.1 Å². The first-order valence-electron chi connectivity index (χ1n) is 5.49. The summed E-state index contributed by atoms with van der Waals surface area (Å²) >= 11 is 7.13. The van der Waals surface area contributed by atoms with Crippen LogP contribution in [-0.2, 0) is 4.74 Å². The van der Waals surface area contributed by atoms with Gasteiger partial charge in [0, 0.05) is 23.9 Å². The van der Waals surface area contributed by atoms with Gasteiger partial charge in [-0.25, -0.2) is 0 Å².